The summed E-state index contributed by atoms with van der Waals surface area (Å²) in [5, 5.41) is 3.38. The highest BCUT2D eigenvalue weighted by Gasteiger charge is 1.95. The second kappa shape index (κ2) is 5.16. The van der Waals surface area contributed by atoms with Crippen LogP contribution in [0, 0.1) is 0 Å². The van der Waals surface area contributed by atoms with Gasteiger partial charge >= 0.3 is 0 Å². The van der Waals surface area contributed by atoms with Crippen molar-refractivity contribution in [2.45, 2.75) is 0 Å². The molecule has 1 rings (SSSR count). The van der Waals surface area contributed by atoms with Crippen LogP contribution in [0.25, 0.3) is 0 Å². The molecule has 70 valence electrons. The van der Waals surface area contributed by atoms with Gasteiger partial charge in [-0.2, -0.15) is 0 Å². The van der Waals surface area contributed by atoms with Gasteiger partial charge in [0.05, 0.1) is 7.11 Å². The van der Waals surface area contributed by atoms with E-state index >= 15 is 0 Å². The van der Waals surface area contributed by atoms with Gasteiger partial charge in [-0.05, 0) is 36.5 Å². The topological polar surface area (TPSA) is 33.3 Å². The van der Waals surface area contributed by atoms with Crippen molar-refractivity contribution >= 4 is 38.9 Å². The van der Waals surface area contributed by atoms with E-state index in [1.54, 1.807) is 0 Å². The lowest BCUT2D eigenvalue weighted by molar-refractivity contribution is 0.146. The van der Waals surface area contributed by atoms with E-state index in [4.69, 9.17) is 12.2 Å². The molecule has 0 amide bonds. The van der Waals surface area contributed by atoms with E-state index in [0.29, 0.717) is 5.11 Å². The van der Waals surface area contributed by atoms with Gasteiger partial charge < -0.3 is 5.32 Å². The maximum Gasteiger partial charge on any atom is 0.195 e. The lowest BCUT2D eigenvalue weighted by Crippen LogP contribution is -2.27. The predicted octanol–water partition coefficient (Wildman–Crippen LogP) is 2.30. The first-order valence-electron chi connectivity index (χ1n) is 3.58. The number of hydroxylamine groups is 1. The minimum Gasteiger partial charge on any atom is -0.331 e. The molecule has 13 heavy (non-hydrogen) atoms. The first-order chi connectivity index (χ1) is 6.22. The van der Waals surface area contributed by atoms with Crippen molar-refractivity contribution < 1.29 is 4.84 Å². The van der Waals surface area contributed by atoms with Gasteiger partial charge in [0.25, 0.3) is 0 Å². The number of nitrogens with one attached hydrogen (secondary N) is 2. The van der Waals surface area contributed by atoms with Crippen molar-refractivity contribution in [3.63, 3.8) is 0 Å². The Labute approximate surface area is 90.6 Å². The van der Waals surface area contributed by atoms with Gasteiger partial charge in [0.2, 0.25) is 0 Å². The Morgan fingerprint density at radius 1 is 1.38 bits per heavy atom. The molecule has 1 aromatic carbocycles. The summed E-state index contributed by atoms with van der Waals surface area (Å²) in [5.74, 6) is 0. The summed E-state index contributed by atoms with van der Waals surface area (Å²) in [5.41, 5.74) is 3.43. The number of thiocarbonyl (C=S) groups is 1. The van der Waals surface area contributed by atoms with E-state index in [2.05, 4.69) is 31.6 Å². The third kappa shape index (κ3) is 3.71. The Morgan fingerprint density at radius 2 is 2.00 bits per heavy atom. The van der Waals surface area contributed by atoms with Gasteiger partial charge in [0.1, 0.15) is 0 Å². The molecule has 0 unspecified atom stereocenters. The summed E-state index contributed by atoms with van der Waals surface area (Å²) in [4.78, 5) is 4.64. The van der Waals surface area contributed by atoms with Crippen molar-refractivity contribution in [1.29, 1.82) is 0 Å². The number of hydrogen-bond acceptors (Lipinski definition) is 2. The zero-order chi connectivity index (χ0) is 9.68. The van der Waals surface area contributed by atoms with E-state index in [1.807, 2.05) is 24.3 Å². The van der Waals surface area contributed by atoms with Crippen LogP contribution in [0.15, 0.2) is 28.7 Å². The molecule has 0 aliphatic rings. The lowest BCUT2D eigenvalue weighted by atomic mass is 10.3. The van der Waals surface area contributed by atoms with Gasteiger partial charge in [-0.3, -0.25) is 4.84 Å². The summed E-state index contributed by atoms with van der Waals surface area (Å²) >= 11 is 8.25. The molecule has 0 aliphatic carbocycles. The minimum atomic E-state index is 0.435. The molecule has 0 saturated carbocycles. The zero-order valence-electron chi connectivity index (χ0n) is 7.00. The standard InChI is InChI=1S/C8H9BrN2OS/c1-12-11-8(13)10-7-4-2-6(9)3-5-7/h2-5H,1H3,(H2,10,11,13). The van der Waals surface area contributed by atoms with Gasteiger partial charge in [-0.1, -0.05) is 15.9 Å². The number of halogens is 1. The highest BCUT2D eigenvalue weighted by molar-refractivity contribution is 9.10. The fourth-order valence-corrected chi connectivity index (χ4v) is 1.25. The molecule has 0 heterocycles. The van der Waals surface area contributed by atoms with Crippen molar-refractivity contribution in [1.82, 2.24) is 5.48 Å². The molecule has 2 N–H and O–H groups in total. The van der Waals surface area contributed by atoms with Crippen LogP contribution in [0.5, 0.6) is 0 Å². The first kappa shape index (κ1) is 10.4. The van der Waals surface area contributed by atoms with Crippen molar-refractivity contribution in [2.75, 3.05) is 12.4 Å². The largest absolute Gasteiger partial charge is 0.331 e. The summed E-state index contributed by atoms with van der Waals surface area (Å²) in [6.45, 7) is 0. The molecular weight excluding hydrogens is 252 g/mol. The van der Waals surface area contributed by atoms with Crippen molar-refractivity contribution in [3.8, 4) is 0 Å². The first-order valence-corrected chi connectivity index (χ1v) is 4.78. The Kier molecular flexibility index (Phi) is 4.14. The van der Waals surface area contributed by atoms with Crippen LogP contribution in [0.4, 0.5) is 5.69 Å². The summed E-state index contributed by atoms with van der Waals surface area (Å²) in [6.07, 6.45) is 0. The van der Waals surface area contributed by atoms with Gasteiger partial charge in [-0.15, -0.1) is 0 Å². The predicted molar refractivity (Wildman–Crippen MR) is 60.5 cm³/mol. The molecule has 0 spiro atoms. The van der Waals surface area contributed by atoms with Crippen LogP contribution in [-0.4, -0.2) is 12.2 Å². The highest BCUT2D eigenvalue weighted by Crippen LogP contribution is 2.13. The number of benzene rings is 1. The quantitative estimate of drug-likeness (QED) is 0.632. The molecule has 0 radical (unpaired) electrons. The monoisotopic (exact) mass is 260 g/mol. The Morgan fingerprint density at radius 3 is 2.54 bits per heavy atom. The van der Waals surface area contributed by atoms with Crippen LogP contribution < -0.4 is 10.8 Å². The summed E-state index contributed by atoms with van der Waals surface area (Å²) in [6, 6.07) is 7.68. The van der Waals surface area contributed by atoms with Crippen LogP contribution >= 0.6 is 28.1 Å². The van der Waals surface area contributed by atoms with Gasteiger partial charge in [0.15, 0.2) is 5.11 Å². The van der Waals surface area contributed by atoms with Gasteiger partial charge in [0, 0.05) is 10.2 Å². The average molecular weight is 261 g/mol. The summed E-state index contributed by atoms with van der Waals surface area (Å²) < 4.78 is 1.03. The number of rotatable bonds is 2. The SMILES string of the molecule is CONC(=S)Nc1ccc(Br)cc1. The molecule has 0 aromatic heterocycles. The maximum atomic E-state index is 4.91. The van der Waals surface area contributed by atoms with E-state index in [9.17, 15) is 0 Å². The maximum absolute atomic E-state index is 4.91. The zero-order valence-corrected chi connectivity index (χ0v) is 9.41. The van der Waals surface area contributed by atoms with Gasteiger partial charge in [-0.25, -0.2) is 5.48 Å². The number of anilines is 1. The van der Waals surface area contributed by atoms with Crippen LogP contribution in [0.3, 0.4) is 0 Å². The third-order valence-electron chi connectivity index (χ3n) is 1.30. The highest BCUT2D eigenvalue weighted by atomic mass is 79.9. The van der Waals surface area contributed by atoms with Crippen LogP contribution in [0.1, 0.15) is 0 Å². The smallest absolute Gasteiger partial charge is 0.195 e. The molecule has 0 fully saturated rings. The molecule has 0 aliphatic heterocycles. The van der Waals surface area contributed by atoms with E-state index in [0.717, 1.165) is 10.2 Å². The van der Waals surface area contributed by atoms with E-state index in [-0.39, 0.29) is 0 Å². The van der Waals surface area contributed by atoms with Crippen LogP contribution in [-0.2, 0) is 4.84 Å². The van der Waals surface area contributed by atoms with Crippen molar-refractivity contribution in [2.24, 2.45) is 0 Å². The third-order valence-corrected chi connectivity index (χ3v) is 2.01. The Hall–Kier alpha value is -0.650. The Balaban J connectivity index is 2.54. The molecule has 1 aromatic rings. The second-order valence-corrected chi connectivity index (χ2v) is 3.59. The lowest BCUT2D eigenvalue weighted by Gasteiger charge is -2.07. The number of hydrogen-bond donors (Lipinski definition) is 2. The molecule has 0 bridgehead atoms. The fraction of sp³-hybridized carbons (Fsp3) is 0.125. The molecule has 0 atom stereocenters. The molecular formula is C8H9BrN2OS. The fourth-order valence-electron chi connectivity index (χ4n) is 0.783. The van der Waals surface area contributed by atoms with E-state index in [1.165, 1.54) is 7.11 Å². The second-order valence-electron chi connectivity index (χ2n) is 2.27. The normalized spacial score (nSPS) is 9.38. The summed E-state index contributed by atoms with van der Waals surface area (Å²) in [7, 11) is 1.51. The molecule has 5 heteroatoms. The van der Waals surface area contributed by atoms with Crippen LogP contribution in [0.2, 0.25) is 0 Å². The minimum absolute atomic E-state index is 0.435. The van der Waals surface area contributed by atoms with E-state index < -0.39 is 0 Å². The molecule has 0 saturated heterocycles. The average Bonchev–Trinajstić information content (AvgIpc) is 2.09. The molecule has 3 nitrogen and oxygen atoms in total. The Bertz CT molecular complexity index is 289. The van der Waals surface area contributed by atoms with Crippen molar-refractivity contribution in [3.05, 3.63) is 28.7 Å².